The van der Waals surface area contributed by atoms with Gasteiger partial charge >= 0.3 is 0 Å². The highest BCUT2D eigenvalue weighted by atomic mass is 32.2. The third kappa shape index (κ3) is 8.52. The van der Waals surface area contributed by atoms with E-state index in [1.165, 1.54) is 15.6 Å². The van der Waals surface area contributed by atoms with Crippen molar-refractivity contribution in [1.29, 1.82) is 5.41 Å². The number of nitrogen functional groups attached to an aromatic ring is 1. The molecule has 0 spiro atoms. The van der Waals surface area contributed by atoms with Gasteiger partial charge < -0.3 is 21.6 Å². The average molecular weight is 699 g/mol. The first-order valence-corrected chi connectivity index (χ1v) is 17.2. The summed E-state index contributed by atoms with van der Waals surface area (Å²) in [4.78, 5) is 27.6. The first-order valence-electron chi connectivity index (χ1n) is 15.5. The lowest BCUT2D eigenvalue weighted by Gasteiger charge is -2.22. The Hall–Kier alpha value is -6.01. The van der Waals surface area contributed by atoms with E-state index in [2.05, 4.69) is 36.0 Å². The number of fused-ring (bicyclic) bond motifs is 6. The van der Waals surface area contributed by atoms with E-state index in [0.29, 0.717) is 33.8 Å². The highest BCUT2D eigenvalue weighted by Crippen LogP contribution is 2.11. The molecule has 1 aliphatic heterocycles. The summed E-state index contributed by atoms with van der Waals surface area (Å²) < 4.78 is 32.8. The molecular formula is C32H34N12O5S. The van der Waals surface area contributed by atoms with Crippen LogP contribution in [-0.2, 0) is 57.8 Å². The van der Waals surface area contributed by atoms with Crippen LogP contribution in [-0.4, -0.2) is 68.1 Å². The molecule has 18 heteroatoms. The van der Waals surface area contributed by atoms with Crippen LogP contribution in [0.3, 0.4) is 0 Å². The second kappa shape index (κ2) is 14.6. The minimum Gasteiger partial charge on any atom is -0.618 e. The Labute approximate surface area is 286 Å². The maximum absolute atomic E-state index is 13.9. The standard InChI is InChI=1S/C32H34N12O5S/c33-30(34)23-11-9-21(10-12-23)15-35-31(45)28-13-24-16-42(40-37-24)18-26-7-4-8-27(44(26)47)19-43-17-25(38-41-43)14-29(32(46)36-28)39-50(48,49)20-22-5-2-1-3-6-22/h1-12,16-17,28-29,39H,13-15,18-20H2,(H3,33,34)(H,35,45)(H,36,46)/t28-,29+/m0/s1. The zero-order chi connectivity index (χ0) is 35.3. The molecule has 50 heavy (non-hydrogen) atoms. The number of sulfonamides is 1. The average Bonchev–Trinajstić information content (AvgIpc) is 3.73. The molecule has 6 bridgehead atoms. The number of rotatable bonds is 8. The van der Waals surface area contributed by atoms with Crippen molar-refractivity contribution in [3.05, 3.63) is 130 Å². The number of amidine groups is 1. The molecule has 0 aliphatic carbocycles. The lowest BCUT2D eigenvalue weighted by molar-refractivity contribution is -0.623. The van der Waals surface area contributed by atoms with Crippen LogP contribution in [0.2, 0.25) is 0 Å². The topological polar surface area (TPSA) is 243 Å². The van der Waals surface area contributed by atoms with Crippen molar-refractivity contribution in [1.82, 2.24) is 45.3 Å². The molecule has 0 saturated carbocycles. The summed E-state index contributed by atoms with van der Waals surface area (Å²) in [5.41, 5.74) is 8.68. The summed E-state index contributed by atoms with van der Waals surface area (Å²) in [7, 11) is -4.07. The zero-order valence-electron chi connectivity index (χ0n) is 26.6. The molecule has 2 aromatic carbocycles. The van der Waals surface area contributed by atoms with Gasteiger partial charge in [0.1, 0.15) is 31.0 Å². The molecule has 258 valence electrons. The first kappa shape index (κ1) is 33.9. The second-order valence-electron chi connectivity index (χ2n) is 11.8. The van der Waals surface area contributed by atoms with E-state index in [4.69, 9.17) is 11.1 Å². The molecule has 2 atom stereocenters. The van der Waals surface area contributed by atoms with Crippen LogP contribution < -0.4 is 25.8 Å². The maximum atomic E-state index is 13.9. The van der Waals surface area contributed by atoms with Gasteiger partial charge in [-0.3, -0.25) is 15.0 Å². The SMILES string of the molecule is N=C(N)c1ccc(CNC(=O)[C@@H]2Cc3cn(nn3)Cc3cccc([n+]3[O-])Cn3cc(nn3)C[C@@H](NS(=O)(=O)Cc3ccccc3)C(=O)N2)cc1. The Kier molecular flexibility index (Phi) is 9.91. The molecule has 1 aliphatic rings. The molecular weight excluding hydrogens is 664 g/mol. The van der Waals surface area contributed by atoms with Crippen LogP contribution in [0.1, 0.15) is 39.5 Å². The minimum atomic E-state index is -4.07. The molecule has 0 unspecified atom stereocenters. The Balaban J connectivity index is 1.31. The maximum Gasteiger partial charge on any atom is 0.243 e. The first-order chi connectivity index (χ1) is 24.0. The monoisotopic (exact) mass is 698 g/mol. The quantitative estimate of drug-likeness (QED) is 0.0589. The Morgan fingerprint density at radius 2 is 1.54 bits per heavy atom. The van der Waals surface area contributed by atoms with Gasteiger partial charge in [0.25, 0.3) is 0 Å². The van der Waals surface area contributed by atoms with Gasteiger partial charge in [-0.15, -0.1) is 10.2 Å². The number of nitrogens with zero attached hydrogens (tertiary/aromatic N) is 7. The lowest BCUT2D eigenvalue weighted by Crippen LogP contribution is -2.55. The summed E-state index contributed by atoms with van der Waals surface area (Å²) in [5, 5.41) is 42.9. The normalized spacial score (nSPS) is 16.6. The van der Waals surface area contributed by atoms with Gasteiger partial charge in [0.05, 0.1) is 17.1 Å². The Morgan fingerprint density at radius 3 is 2.16 bits per heavy atom. The number of amides is 2. The van der Waals surface area contributed by atoms with Crippen molar-refractivity contribution in [2.24, 2.45) is 5.73 Å². The fourth-order valence-electron chi connectivity index (χ4n) is 5.43. The van der Waals surface area contributed by atoms with Crippen molar-refractivity contribution in [3.8, 4) is 0 Å². The summed E-state index contributed by atoms with van der Waals surface area (Å²) in [6.07, 6.45) is 2.80. The van der Waals surface area contributed by atoms with Crippen LogP contribution in [0.25, 0.3) is 0 Å². The molecule has 0 radical (unpaired) electrons. The molecule has 3 aromatic heterocycles. The van der Waals surface area contributed by atoms with Gasteiger partial charge in [0, 0.05) is 49.5 Å². The molecule has 17 nitrogen and oxygen atoms in total. The van der Waals surface area contributed by atoms with Crippen molar-refractivity contribution >= 4 is 27.7 Å². The molecule has 5 aromatic rings. The summed E-state index contributed by atoms with van der Waals surface area (Å²) in [5.74, 6) is -1.82. The van der Waals surface area contributed by atoms with Gasteiger partial charge in [-0.2, -0.15) is 4.73 Å². The van der Waals surface area contributed by atoms with E-state index < -0.39 is 33.9 Å². The van der Waals surface area contributed by atoms with E-state index >= 15 is 0 Å². The highest BCUT2D eigenvalue weighted by Gasteiger charge is 2.31. The molecule has 6 N–H and O–H groups in total. The fourth-order valence-corrected chi connectivity index (χ4v) is 6.77. The van der Waals surface area contributed by atoms with Gasteiger partial charge in [-0.1, -0.05) is 65.0 Å². The molecule has 0 saturated heterocycles. The largest absolute Gasteiger partial charge is 0.618 e. The fraction of sp³-hybridized carbons (Fsp3) is 0.250. The number of nitrogens with one attached hydrogen (secondary N) is 4. The molecule has 4 heterocycles. The van der Waals surface area contributed by atoms with Gasteiger partial charge in [-0.05, 0) is 17.2 Å². The number of benzene rings is 2. The number of carbonyl (C=O) groups excluding carboxylic acids is 2. The van der Waals surface area contributed by atoms with Gasteiger partial charge in [0.15, 0.2) is 0 Å². The van der Waals surface area contributed by atoms with Crippen molar-refractivity contribution in [2.45, 2.75) is 50.3 Å². The van der Waals surface area contributed by atoms with Gasteiger partial charge in [0.2, 0.25) is 33.2 Å². The third-order valence-corrected chi connectivity index (χ3v) is 9.31. The number of hydrogen-bond acceptors (Lipinski definition) is 10. The lowest BCUT2D eigenvalue weighted by atomic mass is 10.1. The van der Waals surface area contributed by atoms with Crippen LogP contribution >= 0.6 is 0 Å². The van der Waals surface area contributed by atoms with Crippen molar-refractivity contribution in [3.63, 3.8) is 0 Å². The molecule has 6 rings (SSSR count). The van der Waals surface area contributed by atoms with Crippen LogP contribution in [0.5, 0.6) is 0 Å². The number of aromatic nitrogens is 7. The predicted molar refractivity (Wildman–Crippen MR) is 178 cm³/mol. The van der Waals surface area contributed by atoms with Crippen molar-refractivity contribution < 1.29 is 22.7 Å². The number of hydrogen-bond donors (Lipinski definition) is 5. The van der Waals surface area contributed by atoms with Crippen LogP contribution in [0.4, 0.5) is 0 Å². The number of carbonyl (C=O) groups is 2. The summed E-state index contributed by atoms with van der Waals surface area (Å²) >= 11 is 0. The predicted octanol–water partition coefficient (Wildman–Crippen LogP) is -0.728. The van der Waals surface area contributed by atoms with E-state index in [9.17, 15) is 23.2 Å². The Morgan fingerprint density at radius 1 is 0.920 bits per heavy atom. The highest BCUT2D eigenvalue weighted by molar-refractivity contribution is 7.88. The van der Waals surface area contributed by atoms with Crippen LogP contribution in [0.15, 0.2) is 85.2 Å². The Bertz CT molecular complexity index is 2120. The van der Waals surface area contributed by atoms with Gasteiger partial charge in [-0.25, -0.2) is 22.5 Å². The smallest absolute Gasteiger partial charge is 0.243 e. The third-order valence-electron chi connectivity index (χ3n) is 7.95. The van der Waals surface area contributed by atoms with E-state index in [0.717, 1.165) is 4.73 Å². The van der Waals surface area contributed by atoms with Crippen molar-refractivity contribution in [2.75, 3.05) is 0 Å². The van der Waals surface area contributed by atoms with Crippen LogP contribution in [0, 0.1) is 10.6 Å². The minimum absolute atomic E-state index is 0.0588. The summed E-state index contributed by atoms with van der Waals surface area (Å²) in [6, 6.07) is 17.7. The zero-order valence-corrected chi connectivity index (χ0v) is 27.5. The van der Waals surface area contributed by atoms with E-state index in [1.807, 2.05) is 0 Å². The number of nitrogens with two attached hydrogens (primary N) is 1. The molecule has 2 amide bonds. The van der Waals surface area contributed by atoms with E-state index in [-0.39, 0.29) is 49.8 Å². The summed E-state index contributed by atoms with van der Waals surface area (Å²) in [6.45, 7) is 0.229. The van der Waals surface area contributed by atoms with E-state index in [1.54, 1.807) is 79.0 Å². The second-order valence-corrected chi connectivity index (χ2v) is 13.6. The molecule has 0 fully saturated rings. The number of pyridine rings is 1.